The largest absolute Gasteiger partial charge is 0.465 e. The van der Waals surface area contributed by atoms with Crippen LogP contribution in [-0.4, -0.2) is 57.9 Å². The maximum absolute atomic E-state index is 12.3. The van der Waals surface area contributed by atoms with E-state index < -0.39 is 26.3 Å². The van der Waals surface area contributed by atoms with E-state index in [1.165, 1.54) is 6.92 Å². The molecular formula is C13H24O6S. The summed E-state index contributed by atoms with van der Waals surface area (Å²) in [6.45, 7) is 5.45. The molecule has 20 heavy (non-hydrogen) atoms. The molecule has 0 saturated carbocycles. The van der Waals surface area contributed by atoms with Crippen molar-refractivity contribution in [3.8, 4) is 0 Å². The first-order valence-corrected chi connectivity index (χ1v) is 8.66. The molecule has 0 spiro atoms. The van der Waals surface area contributed by atoms with Crippen LogP contribution in [0.1, 0.15) is 33.1 Å². The highest BCUT2D eigenvalue weighted by molar-refractivity contribution is 7.93. The molecule has 118 valence electrons. The lowest BCUT2D eigenvalue weighted by molar-refractivity contribution is -0.143. The third-order valence-electron chi connectivity index (χ3n) is 3.34. The van der Waals surface area contributed by atoms with Crippen molar-refractivity contribution in [3.63, 3.8) is 0 Å². The Morgan fingerprint density at radius 2 is 1.95 bits per heavy atom. The normalized spacial score (nSPS) is 18.7. The van der Waals surface area contributed by atoms with Gasteiger partial charge in [-0.15, -0.1) is 0 Å². The summed E-state index contributed by atoms with van der Waals surface area (Å²) in [4.78, 5) is 11.8. The van der Waals surface area contributed by atoms with Gasteiger partial charge in [0.1, 0.15) is 0 Å². The fourth-order valence-corrected chi connectivity index (χ4v) is 3.79. The number of hydrogen-bond donors (Lipinski definition) is 0. The van der Waals surface area contributed by atoms with Crippen LogP contribution in [0.2, 0.25) is 0 Å². The molecule has 1 aliphatic rings. The minimum absolute atomic E-state index is 0.187. The van der Waals surface area contributed by atoms with E-state index in [9.17, 15) is 13.2 Å². The van der Waals surface area contributed by atoms with Crippen molar-refractivity contribution in [2.45, 2.75) is 43.6 Å². The number of carbonyl (C=O) groups excluding carboxylic acids is 1. The third kappa shape index (κ3) is 5.03. The number of ether oxygens (including phenoxy) is 3. The third-order valence-corrected chi connectivity index (χ3v) is 5.92. The fraction of sp³-hybridized carbons (Fsp3) is 0.923. The van der Waals surface area contributed by atoms with Gasteiger partial charge in [0.15, 0.2) is 15.1 Å². The highest BCUT2D eigenvalue weighted by Gasteiger charge is 2.37. The second kappa shape index (κ2) is 8.59. The molecule has 0 aromatic heterocycles. The Morgan fingerprint density at radius 3 is 2.55 bits per heavy atom. The van der Waals surface area contributed by atoms with Gasteiger partial charge in [-0.25, -0.2) is 8.42 Å². The van der Waals surface area contributed by atoms with Crippen molar-refractivity contribution in [1.82, 2.24) is 0 Å². The zero-order chi connectivity index (χ0) is 15.0. The molecule has 1 fully saturated rings. The zero-order valence-corrected chi connectivity index (χ0v) is 13.0. The Kier molecular flexibility index (Phi) is 7.47. The van der Waals surface area contributed by atoms with Gasteiger partial charge >= 0.3 is 5.97 Å². The van der Waals surface area contributed by atoms with E-state index in [0.29, 0.717) is 45.7 Å². The van der Waals surface area contributed by atoms with Crippen molar-refractivity contribution >= 4 is 15.8 Å². The van der Waals surface area contributed by atoms with Gasteiger partial charge in [0.2, 0.25) is 0 Å². The first-order valence-electron chi connectivity index (χ1n) is 7.05. The predicted molar refractivity (Wildman–Crippen MR) is 74.3 cm³/mol. The lowest BCUT2D eigenvalue weighted by Crippen LogP contribution is -2.39. The number of carbonyl (C=O) groups is 1. The van der Waals surface area contributed by atoms with Crippen LogP contribution in [0.4, 0.5) is 0 Å². The van der Waals surface area contributed by atoms with Crippen molar-refractivity contribution in [3.05, 3.63) is 0 Å². The molecular weight excluding hydrogens is 284 g/mol. The summed E-state index contributed by atoms with van der Waals surface area (Å²) in [7, 11) is -3.49. The summed E-state index contributed by atoms with van der Waals surface area (Å²) < 4.78 is 39.8. The molecule has 0 amide bonds. The molecule has 0 radical (unpaired) electrons. The van der Waals surface area contributed by atoms with E-state index >= 15 is 0 Å². The molecule has 1 heterocycles. The maximum Gasteiger partial charge on any atom is 0.324 e. The van der Waals surface area contributed by atoms with Crippen LogP contribution in [0.15, 0.2) is 0 Å². The molecule has 1 saturated heterocycles. The van der Waals surface area contributed by atoms with Crippen LogP contribution in [0.3, 0.4) is 0 Å². The number of hydrogen-bond acceptors (Lipinski definition) is 6. The SMILES string of the molecule is CCOCCCOC(=O)[C@@H](C)S(=O)(=O)C1CCOCC1. The number of sulfone groups is 1. The lowest BCUT2D eigenvalue weighted by Gasteiger charge is -2.24. The lowest BCUT2D eigenvalue weighted by atomic mass is 10.2. The molecule has 0 aliphatic carbocycles. The average Bonchev–Trinajstić information content (AvgIpc) is 2.47. The van der Waals surface area contributed by atoms with Gasteiger partial charge < -0.3 is 14.2 Å². The van der Waals surface area contributed by atoms with E-state index in [0.717, 1.165) is 0 Å². The van der Waals surface area contributed by atoms with E-state index in [-0.39, 0.29) is 6.61 Å². The fourth-order valence-electron chi connectivity index (χ4n) is 2.02. The summed E-state index contributed by atoms with van der Waals surface area (Å²) in [6.07, 6.45) is 1.47. The standard InChI is InChI=1S/C13H24O6S/c1-3-17-7-4-8-19-13(14)11(2)20(15,16)12-5-9-18-10-6-12/h11-12H,3-10H2,1-2H3/t11-/m1/s1. The van der Waals surface area contributed by atoms with E-state index in [4.69, 9.17) is 14.2 Å². The second-order valence-electron chi connectivity index (χ2n) is 4.76. The highest BCUT2D eigenvalue weighted by Crippen LogP contribution is 2.20. The van der Waals surface area contributed by atoms with Gasteiger partial charge in [-0.05, 0) is 26.7 Å². The van der Waals surface area contributed by atoms with Crippen LogP contribution >= 0.6 is 0 Å². The topological polar surface area (TPSA) is 78.9 Å². The second-order valence-corrected chi connectivity index (χ2v) is 7.31. The van der Waals surface area contributed by atoms with E-state index in [2.05, 4.69) is 0 Å². The van der Waals surface area contributed by atoms with E-state index in [1.807, 2.05) is 6.92 Å². The van der Waals surface area contributed by atoms with Gasteiger partial charge in [-0.3, -0.25) is 4.79 Å². The Morgan fingerprint density at radius 1 is 1.30 bits per heavy atom. The Bertz CT molecular complexity index is 386. The molecule has 1 aliphatic heterocycles. The predicted octanol–water partition coefficient (Wildman–Crippen LogP) is 0.938. The van der Waals surface area contributed by atoms with Crippen LogP contribution in [-0.2, 0) is 28.8 Å². The molecule has 7 heteroatoms. The van der Waals surface area contributed by atoms with Gasteiger partial charge in [-0.1, -0.05) is 0 Å². The monoisotopic (exact) mass is 308 g/mol. The molecule has 1 rings (SSSR count). The van der Waals surface area contributed by atoms with Crippen molar-refractivity contribution in [2.75, 3.05) is 33.0 Å². The molecule has 0 unspecified atom stereocenters. The van der Waals surface area contributed by atoms with Crippen LogP contribution in [0, 0.1) is 0 Å². The highest BCUT2D eigenvalue weighted by atomic mass is 32.2. The van der Waals surface area contributed by atoms with Gasteiger partial charge in [-0.2, -0.15) is 0 Å². The van der Waals surface area contributed by atoms with E-state index in [1.54, 1.807) is 0 Å². The average molecular weight is 308 g/mol. The smallest absolute Gasteiger partial charge is 0.324 e. The Hall–Kier alpha value is -0.660. The van der Waals surface area contributed by atoms with Crippen molar-refractivity contribution < 1.29 is 27.4 Å². The first kappa shape index (κ1) is 17.4. The Labute approximate surface area is 120 Å². The van der Waals surface area contributed by atoms with Crippen LogP contribution in [0.25, 0.3) is 0 Å². The number of rotatable bonds is 8. The molecule has 0 bridgehead atoms. The zero-order valence-electron chi connectivity index (χ0n) is 12.2. The minimum atomic E-state index is -3.49. The summed E-state index contributed by atoms with van der Waals surface area (Å²) in [5.74, 6) is -0.673. The van der Waals surface area contributed by atoms with Crippen LogP contribution < -0.4 is 0 Å². The molecule has 0 N–H and O–H groups in total. The molecule has 6 nitrogen and oxygen atoms in total. The maximum atomic E-state index is 12.3. The minimum Gasteiger partial charge on any atom is -0.465 e. The van der Waals surface area contributed by atoms with Crippen molar-refractivity contribution in [2.24, 2.45) is 0 Å². The number of esters is 1. The van der Waals surface area contributed by atoms with Crippen molar-refractivity contribution in [1.29, 1.82) is 0 Å². The molecule has 0 aromatic rings. The van der Waals surface area contributed by atoms with Gasteiger partial charge in [0.25, 0.3) is 0 Å². The summed E-state index contributed by atoms with van der Waals surface area (Å²) in [5.41, 5.74) is 0. The summed E-state index contributed by atoms with van der Waals surface area (Å²) in [6, 6.07) is 0. The summed E-state index contributed by atoms with van der Waals surface area (Å²) in [5, 5.41) is -1.61. The molecule has 0 aromatic carbocycles. The van der Waals surface area contributed by atoms with Gasteiger partial charge in [0.05, 0.1) is 11.9 Å². The quantitative estimate of drug-likeness (QED) is 0.490. The Balaban J connectivity index is 2.42. The molecule has 1 atom stereocenters. The van der Waals surface area contributed by atoms with Gasteiger partial charge in [0, 0.05) is 32.8 Å². The van der Waals surface area contributed by atoms with Crippen LogP contribution in [0.5, 0.6) is 0 Å². The first-order chi connectivity index (χ1) is 9.50. The summed E-state index contributed by atoms with van der Waals surface area (Å²) >= 11 is 0.